The van der Waals surface area contributed by atoms with Crippen LogP contribution in [0.4, 0.5) is 4.39 Å². The predicted molar refractivity (Wildman–Crippen MR) is 84.5 cm³/mol. The largest absolute Gasteiger partial charge is 0.486 e. The third-order valence-corrected chi connectivity index (χ3v) is 4.91. The van der Waals surface area contributed by atoms with Crippen molar-refractivity contribution in [1.29, 1.82) is 0 Å². The summed E-state index contributed by atoms with van der Waals surface area (Å²) in [5.41, 5.74) is 1.59. The van der Waals surface area contributed by atoms with E-state index in [0.717, 1.165) is 17.1 Å². The van der Waals surface area contributed by atoms with Gasteiger partial charge in [-0.2, -0.15) is 0 Å². The number of fused-ring (bicyclic) bond motifs is 1. The maximum atomic E-state index is 13.8. The highest BCUT2D eigenvalue weighted by molar-refractivity contribution is 7.99. The minimum atomic E-state index is -0.170. The molecule has 0 bridgehead atoms. The summed E-state index contributed by atoms with van der Waals surface area (Å²) in [5.74, 6) is 1.58. The highest BCUT2D eigenvalue weighted by Crippen LogP contribution is 2.38. The summed E-state index contributed by atoms with van der Waals surface area (Å²) in [4.78, 5) is 1.17. The van der Waals surface area contributed by atoms with Crippen LogP contribution >= 0.6 is 11.8 Å². The zero-order chi connectivity index (χ0) is 14.8. The maximum Gasteiger partial charge on any atom is 0.133 e. The topological polar surface area (TPSA) is 21.3 Å². The van der Waals surface area contributed by atoms with Crippen molar-refractivity contribution >= 4 is 11.8 Å². The average Bonchev–Trinajstić information content (AvgIpc) is 2.51. The Morgan fingerprint density at radius 3 is 2.86 bits per heavy atom. The SMILES string of the molecule is CNC(c1ccc(C)c(F)c1)C1CSc2ccccc2O1. The zero-order valence-corrected chi connectivity index (χ0v) is 12.9. The number of hydrogen-bond acceptors (Lipinski definition) is 3. The van der Waals surface area contributed by atoms with E-state index in [9.17, 15) is 4.39 Å². The molecule has 3 rings (SSSR count). The number of ether oxygens (including phenoxy) is 1. The van der Waals surface area contributed by atoms with E-state index in [1.54, 1.807) is 24.8 Å². The smallest absolute Gasteiger partial charge is 0.133 e. The normalized spacial score (nSPS) is 18.7. The van der Waals surface area contributed by atoms with E-state index >= 15 is 0 Å². The summed E-state index contributed by atoms with van der Waals surface area (Å²) in [6.45, 7) is 1.77. The Morgan fingerprint density at radius 1 is 1.29 bits per heavy atom. The van der Waals surface area contributed by atoms with Crippen molar-refractivity contribution in [3.8, 4) is 5.75 Å². The number of likely N-dealkylation sites (N-methyl/N-ethyl adjacent to an activating group) is 1. The Labute approximate surface area is 128 Å². The standard InChI is InChI=1S/C17H18FNOS/c1-11-7-8-12(9-13(11)18)17(19-2)15-10-21-16-6-4-3-5-14(16)20-15/h3-9,15,17,19H,10H2,1-2H3. The molecule has 4 heteroatoms. The lowest BCUT2D eigenvalue weighted by Gasteiger charge is -2.32. The molecule has 1 N–H and O–H groups in total. The van der Waals surface area contributed by atoms with Crippen LogP contribution in [0.1, 0.15) is 17.2 Å². The second-order valence-electron chi connectivity index (χ2n) is 5.19. The van der Waals surface area contributed by atoms with E-state index in [2.05, 4.69) is 11.4 Å². The van der Waals surface area contributed by atoms with Crippen LogP contribution in [0.3, 0.4) is 0 Å². The molecule has 2 aromatic rings. The van der Waals surface area contributed by atoms with Gasteiger partial charge in [0.25, 0.3) is 0 Å². The molecular formula is C17H18FNOS. The number of nitrogens with one attached hydrogen (secondary N) is 1. The highest BCUT2D eigenvalue weighted by Gasteiger charge is 2.28. The lowest BCUT2D eigenvalue weighted by Crippen LogP contribution is -2.37. The van der Waals surface area contributed by atoms with Crippen LogP contribution in [0.5, 0.6) is 5.75 Å². The van der Waals surface area contributed by atoms with Crippen LogP contribution in [-0.4, -0.2) is 18.9 Å². The molecule has 0 saturated carbocycles. The molecule has 0 aliphatic carbocycles. The van der Waals surface area contributed by atoms with Gasteiger partial charge in [0.1, 0.15) is 17.7 Å². The van der Waals surface area contributed by atoms with Crippen molar-refractivity contribution in [2.75, 3.05) is 12.8 Å². The molecule has 0 fully saturated rings. The zero-order valence-electron chi connectivity index (χ0n) is 12.1. The second kappa shape index (κ2) is 6.08. The first kappa shape index (κ1) is 14.4. The molecule has 0 saturated heterocycles. The molecule has 110 valence electrons. The molecule has 1 heterocycles. The first-order valence-corrected chi connectivity index (χ1v) is 7.99. The third-order valence-electron chi connectivity index (χ3n) is 3.77. The van der Waals surface area contributed by atoms with Gasteiger partial charge in [-0.05, 0) is 43.3 Å². The molecule has 2 aromatic carbocycles. The Bertz CT molecular complexity index is 646. The van der Waals surface area contributed by atoms with Gasteiger partial charge in [-0.3, -0.25) is 0 Å². The monoisotopic (exact) mass is 303 g/mol. The minimum Gasteiger partial charge on any atom is -0.486 e. The van der Waals surface area contributed by atoms with Gasteiger partial charge in [0, 0.05) is 10.6 Å². The lowest BCUT2D eigenvalue weighted by molar-refractivity contribution is 0.171. The molecule has 2 unspecified atom stereocenters. The number of halogens is 1. The number of para-hydroxylation sites is 1. The maximum absolute atomic E-state index is 13.8. The number of rotatable bonds is 3. The van der Waals surface area contributed by atoms with Crippen LogP contribution in [-0.2, 0) is 0 Å². The summed E-state index contributed by atoms with van der Waals surface area (Å²) >= 11 is 1.78. The van der Waals surface area contributed by atoms with Crippen LogP contribution in [0.25, 0.3) is 0 Å². The summed E-state index contributed by atoms with van der Waals surface area (Å²) in [5, 5.41) is 3.26. The van der Waals surface area contributed by atoms with Crippen molar-refractivity contribution < 1.29 is 9.13 Å². The number of hydrogen-bond donors (Lipinski definition) is 1. The number of benzene rings is 2. The molecule has 2 nitrogen and oxygen atoms in total. The van der Waals surface area contributed by atoms with Gasteiger partial charge in [0.2, 0.25) is 0 Å². The fourth-order valence-corrected chi connectivity index (χ4v) is 3.61. The number of thioether (sulfide) groups is 1. The molecule has 1 aliphatic heterocycles. The van der Waals surface area contributed by atoms with Crippen LogP contribution in [0.15, 0.2) is 47.4 Å². The molecule has 1 aliphatic rings. The fourth-order valence-electron chi connectivity index (χ4n) is 2.57. The van der Waals surface area contributed by atoms with E-state index in [0.29, 0.717) is 5.56 Å². The van der Waals surface area contributed by atoms with E-state index < -0.39 is 0 Å². The van der Waals surface area contributed by atoms with Crippen LogP contribution in [0, 0.1) is 12.7 Å². The molecule has 21 heavy (non-hydrogen) atoms. The van der Waals surface area contributed by atoms with E-state index in [4.69, 9.17) is 4.74 Å². The lowest BCUT2D eigenvalue weighted by atomic mass is 10.0. The van der Waals surface area contributed by atoms with Gasteiger partial charge in [-0.25, -0.2) is 4.39 Å². The Hall–Kier alpha value is -1.52. The van der Waals surface area contributed by atoms with Crippen LogP contribution < -0.4 is 10.1 Å². The first-order valence-electron chi connectivity index (χ1n) is 7.01. The van der Waals surface area contributed by atoms with Gasteiger partial charge >= 0.3 is 0 Å². The Kier molecular flexibility index (Phi) is 4.17. The predicted octanol–water partition coefficient (Wildman–Crippen LogP) is 3.95. The fraction of sp³-hybridized carbons (Fsp3) is 0.294. The quantitative estimate of drug-likeness (QED) is 0.928. The molecule has 0 aromatic heterocycles. The number of aryl methyl sites for hydroxylation is 1. The van der Waals surface area contributed by atoms with Gasteiger partial charge < -0.3 is 10.1 Å². The molecule has 0 amide bonds. The Morgan fingerprint density at radius 2 is 2.10 bits per heavy atom. The molecule has 0 radical (unpaired) electrons. The first-order chi connectivity index (χ1) is 10.2. The summed E-state index contributed by atoms with van der Waals surface area (Å²) in [7, 11) is 1.89. The average molecular weight is 303 g/mol. The van der Waals surface area contributed by atoms with E-state index in [-0.39, 0.29) is 18.0 Å². The highest BCUT2D eigenvalue weighted by atomic mass is 32.2. The van der Waals surface area contributed by atoms with E-state index in [1.807, 2.05) is 37.4 Å². The molecule has 2 atom stereocenters. The van der Waals surface area contributed by atoms with Gasteiger partial charge in [-0.15, -0.1) is 11.8 Å². The molecular weight excluding hydrogens is 285 g/mol. The van der Waals surface area contributed by atoms with Crippen LogP contribution in [0.2, 0.25) is 0 Å². The minimum absolute atomic E-state index is 0.0167. The van der Waals surface area contributed by atoms with Gasteiger partial charge in [-0.1, -0.05) is 24.3 Å². The van der Waals surface area contributed by atoms with Crippen molar-refractivity contribution in [2.24, 2.45) is 0 Å². The summed E-state index contributed by atoms with van der Waals surface area (Å²) in [6.07, 6.45) is -0.0167. The van der Waals surface area contributed by atoms with Gasteiger partial charge in [0.15, 0.2) is 0 Å². The molecule has 0 spiro atoms. The Balaban J connectivity index is 1.86. The van der Waals surface area contributed by atoms with Crippen molar-refractivity contribution in [2.45, 2.75) is 24.0 Å². The van der Waals surface area contributed by atoms with Crippen molar-refractivity contribution in [3.63, 3.8) is 0 Å². The van der Waals surface area contributed by atoms with E-state index in [1.165, 1.54) is 4.90 Å². The van der Waals surface area contributed by atoms with Crippen molar-refractivity contribution in [3.05, 3.63) is 59.4 Å². The van der Waals surface area contributed by atoms with Gasteiger partial charge in [0.05, 0.1) is 6.04 Å². The summed E-state index contributed by atoms with van der Waals surface area (Å²) < 4.78 is 19.9. The second-order valence-corrected chi connectivity index (χ2v) is 6.25. The van der Waals surface area contributed by atoms with Crippen molar-refractivity contribution in [1.82, 2.24) is 5.32 Å². The summed E-state index contributed by atoms with van der Waals surface area (Å²) in [6, 6.07) is 13.4. The third kappa shape index (κ3) is 2.92.